The van der Waals surface area contributed by atoms with E-state index in [-0.39, 0.29) is 6.61 Å². The lowest BCUT2D eigenvalue weighted by atomic mass is 10.1. The van der Waals surface area contributed by atoms with Crippen LogP contribution in [0.1, 0.15) is 19.5 Å². The van der Waals surface area contributed by atoms with Crippen LogP contribution in [0.2, 0.25) is 0 Å². The van der Waals surface area contributed by atoms with Crippen LogP contribution in [-0.4, -0.2) is 43.9 Å². The molecule has 3 aromatic rings. The van der Waals surface area contributed by atoms with Crippen LogP contribution in [0.15, 0.2) is 43.0 Å². The van der Waals surface area contributed by atoms with E-state index in [1.807, 2.05) is 49.7 Å². The molecular weight excluding hydrogens is 344 g/mol. The minimum absolute atomic E-state index is 0.00779. The summed E-state index contributed by atoms with van der Waals surface area (Å²) >= 11 is 0. The maximum Gasteiger partial charge on any atom is 0.229 e. The van der Waals surface area contributed by atoms with Gasteiger partial charge in [0.2, 0.25) is 5.95 Å². The molecule has 0 saturated heterocycles. The number of benzene rings is 1. The Morgan fingerprint density at radius 3 is 2.70 bits per heavy atom. The standard InChI is InChI=1S/C19H24N6O2/c1-13-10-25(12-21-13)15-6-5-14(9-16(15)27-4)22-18-20-8-7-17(23-18)24-19(2,3)11-26/h5-10,12,26H,11H2,1-4H3,(H2,20,22,23,24). The third-order valence-corrected chi connectivity index (χ3v) is 3.94. The van der Waals surface area contributed by atoms with E-state index in [1.54, 1.807) is 25.7 Å². The quantitative estimate of drug-likeness (QED) is 0.590. The number of aliphatic hydroxyl groups is 1. The zero-order valence-electron chi connectivity index (χ0n) is 15.9. The van der Waals surface area contributed by atoms with E-state index in [9.17, 15) is 5.11 Å². The van der Waals surface area contributed by atoms with Crippen LogP contribution in [0, 0.1) is 6.92 Å². The van der Waals surface area contributed by atoms with Crippen LogP contribution in [0.3, 0.4) is 0 Å². The summed E-state index contributed by atoms with van der Waals surface area (Å²) in [4.78, 5) is 12.9. The molecule has 27 heavy (non-hydrogen) atoms. The number of aliphatic hydroxyl groups excluding tert-OH is 1. The molecule has 0 fully saturated rings. The van der Waals surface area contributed by atoms with Crippen molar-refractivity contribution in [2.45, 2.75) is 26.3 Å². The minimum Gasteiger partial charge on any atom is -0.494 e. The molecule has 8 heteroatoms. The van der Waals surface area contributed by atoms with Gasteiger partial charge in [-0.3, -0.25) is 0 Å². The third-order valence-electron chi connectivity index (χ3n) is 3.94. The second kappa shape index (κ2) is 7.63. The molecule has 0 bridgehead atoms. The summed E-state index contributed by atoms with van der Waals surface area (Å²) < 4.78 is 7.43. The first kappa shape index (κ1) is 18.7. The monoisotopic (exact) mass is 368 g/mol. The van der Waals surface area contributed by atoms with Crippen molar-refractivity contribution in [2.24, 2.45) is 0 Å². The van der Waals surface area contributed by atoms with E-state index in [0.717, 1.165) is 17.1 Å². The highest BCUT2D eigenvalue weighted by molar-refractivity contribution is 5.62. The van der Waals surface area contributed by atoms with E-state index in [4.69, 9.17) is 4.74 Å². The fourth-order valence-electron chi connectivity index (χ4n) is 2.53. The SMILES string of the molecule is COc1cc(Nc2nccc(NC(C)(C)CO)n2)ccc1-n1cnc(C)c1. The Morgan fingerprint density at radius 1 is 1.22 bits per heavy atom. The number of aryl methyl sites for hydroxylation is 1. The molecule has 0 unspecified atom stereocenters. The summed E-state index contributed by atoms with van der Waals surface area (Å²) in [5.41, 5.74) is 2.15. The summed E-state index contributed by atoms with van der Waals surface area (Å²) in [7, 11) is 1.63. The highest BCUT2D eigenvalue weighted by Gasteiger charge is 2.16. The molecule has 0 aliphatic carbocycles. The lowest BCUT2D eigenvalue weighted by Gasteiger charge is -2.24. The zero-order valence-corrected chi connectivity index (χ0v) is 15.9. The van der Waals surface area contributed by atoms with Gasteiger partial charge in [0.25, 0.3) is 0 Å². The molecule has 0 radical (unpaired) electrons. The fraction of sp³-hybridized carbons (Fsp3) is 0.316. The Kier molecular flexibility index (Phi) is 5.27. The average Bonchev–Trinajstić information content (AvgIpc) is 3.07. The molecule has 3 rings (SSSR count). The molecule has 8 nitrogen and oxygen atoms in total. The molecule has 0 spiro atoms. The Hall–Kier alpha value is -3.13. The van der Waals surface area contributed by atoms with Gasteiger partial charge in [0, 0.05) is 24.1 Å². The number of anilines is 3. The molecule has 0 atom stereocenters. The Bertz CT molecular complexity index is 922. The van der Waals surface area contributed by atoms with Crippen LogP contribution in [0.25, 0.3) is 5.69 Å². The fourth-order valence-corrected chi connectivity index (χ4v) is 2.53. The van der Waals surface area contributed by atoms with Crippen LogP contribution >= 0.6 is 0 Å². The number of hydrogen-bond donors (Lipinski definition) is 3. The van der Waals surface area contributed by atoms with Crippen molar-refractivity contribution in [3.63, 3.8) is 0 Å². The van der Waals surface area contributed by atoms with Crippen molar-refractivity contribution >= 4 is 17.5 Å². The van der Waals surface area contributed by atoms with Gasteiger partial charge in [0.1, 0.15) is 11.6 Å². The van der Waals surface area contributed by atoms with Gasteiger partial charge in [-0.15, -0.1) is 0 Å². The van der Waals surface area contributed by atoms with E-state index in [2.05, 4.69) is 25.6 Å². The van der Waals surface area contributed by atoms with Crippen molar-refractivity contribution in [2.75, 3.05) is 24.4 Å². The summed E-state index contributed by atoms with van der Waals surface area (Å²) in [6, 6.07) is 7.51. The van der Waals surface area contributed by atoms with Crippen molar-refractivity contribution in [1.82, 2.24) is 19.5 Å². The predicted molar refractivity (Wildman–Crippen MR) is 105 cm³/mol. The number of aromatic nitrogens is 4. The van der Waals surface area contributed by atoms with E-state index >= 15 is 0 Å². The van der Waals surface area contributed by atoms with Gasteiger partial charge in [0.05, 0.1) is 37.0 Å². The second-order valence-corrected chi connectivity index (χ2v) is 6.87. The van der Waals surface area contributed by atoms with Crippen molar-refractivity contribution in [3.8, 4) is 11.4 Å². The largest absolute Gasteiger partial charge is 0.494 e. The second-order valence-electron chi connectivity index (χ2n) is 6.87. The van der Waals surface area contributed by atoms with Crippen LogP contribution in [0.5, 0.6) is 5.75 Å². The van der Waals surface area contributed by atoms with Crippen molar-refractivity contribution in [1.29, 1.82) is 0 Å². The number of rotatable bonds is 7. The van der Waals surface area contributed by atoms with Crippen molar-refractivity contribution in [3.05, 3.63) is 48.7 Å². The van der Waals surface area contributed by atoms with Gasteiger partial charge >= 0.3 is 0 Å². The lowest BCUT2D eigenvalue weighted by Crippen LogP contribution is -2.35. The maximum atomic E-state index is 9.40. The number of nitrogens with zero attached hydrogens (tertiary/aromatic N) is 4. The summed E-state index contributed by atoms with van der Waals surface area (Å²) in [5, 5.41) is 15.7. The Balaban J connectivity index is 1.82. The van der Waals surface area contributed by atoms with E-state index in [1.165, 1.54) is 0 Å². The van der Waals surface area contributed by atoms with Crippen molar-refractivity contribution < 1.29 is 9.84 Å². The number of methoxy groups -OCH3 is 1. The van der Waals surface area contributed by atoms with Gasteiger partial charge in [0.15, 0.2) is 0 Å². The number of ether oxygens (including phenoxy) is 1. The predicted octanol–water partition coefficient (Wildman–Crippen LogP) is 2.91. The first-order valence-electron chi connectivity index (χ1n) is 8.58. The highest BCUT2D eigenvalue weighted by Crippen LogP contribution is 2.28. The van der Waals surface area contributed by atoms with Crippen LogP contribution in [-0.2, 0) is 0 Å². The van der Waals surface area contributed by atoms with Gasteiger partial charge in [-0.1, -0.05) is 0 Å². The van der Waals surface area contributed by atoms with Gasteiger partial charge in [-0.2, -0.15) is 4.98 Å². The first-order valence-corrected chi connectivity index (χ1v) is 8.58. The zero-order chi connectivity index (χ0) is 19.4. The normalized spacial score (nSPS) is 11.3. The molecule has 2 aromatic heterocycles. The summed E-state index contributed by atoms with van der Waals surface area (Å²) in [6.45, 7) is 5.72. The van der Waals surface area contributed by atoms with Gasteiger partial charge in [-0.05, 0) is 39.0 Å². The molecule has 0 aliphatic heterocycles. The molecule has 0 aliphatic rings. The molecule has 1 aromatic carbocycles. The lowest BCUT2D eigenvalue weighted by molar-refractivity contribution is 0.234. The maximum absolute atomic E-state index is 9.40. The highest BCUT2D eigenvalue weighted by atomic mass is 16.5. The molecule has 0 saturated carbocycles. The Labute approximate surface area is 158 Å². The molecule has 3 N–H and O–H groups in total. The summed E-state index contributed by atoms with van der Waals surface area (Å²) in [5.74, 6) is 1.78. The summed E-state index contributed by atoms with van der Waals surface area (Å²) in [6.07, 6.45) is 5.35. The van der Waals surface area contributed by atoms with Crippen LogP contribution in [0.4, 0.5) is 17.5 Å². The molecule has 0 amide bonds. The van der Waals surface area contributed by atoms with E-state index in [0.29, 0.717) is 17.5 Å². The number of nitrogens with one attached hydrogen (secondary N) is 2. The third kappa shape index (κ3) is 4.53. The number of hydrogen-bond acceptors (Lipinski definition) is 7. The molecular formula is C19H24N6O2. The smallest absolute Gasteiger partial charge is 0.229 e. The topological polar surface area (TPSA) is 97.1 Å². The van der Waals surface area contributed by atoms with Gasteiger partial charge in [-0.25, -0.2) is 9.97 Å². The van der Waals surface area contributed by atoms with Gasteiger partial charge < -0.3 is 25.0 Å². The molecule has 2 heterocycles. The minimum atomic E-state index is -0.473. The van der Waals surface area contributed by atoms with Crippen LogP contribution < -0.4 is 15.4 Å². The number of imidazole rings is 1. The molecule has 142 valence electrons. The first-order chi connectivity index (χ1) is 12.9. The van der Waals surface area contributed by atoms with E-state index < -0.39 is 5.54 Å². The Morgan fingerprint density at radius 2 is 2.04 bits per heavy atom. The average molecular weight is 368 g/mol.